The van der Waals surface area contributed by atoms with Gasteiger partial charge in [0.1, 0.15) is 0 Å². The SMILES string of the molecule is Cc1ccc(N(c2ccc(C)cc2)c2ccc3c(c2)C(C)(C)c2ccc4c5c(ccc-3c25)-c2ccc(N(c3ccc(C)cc3)c3ccc(C)cc3)cc2C4(C)C)cc1. The summed E-state index contributed by atoms with van der Waals surface area (Å²) in [5.41, 5.74) is 22.4. The summed E-state index contributed by atoms with van der Waals surface area (Å²) in [5.74, 6) is 0. The van der Waals surface area contributed by atoms with E-state index in [-0.39, 0.29) is 10.8 Å². The molecule has 0 unspecified atom stereocenters. The van der Waals surface area contributed by atoms with Crippen LogP contribution in [0.2, 0.25) is 0 Å². The lowest BCUT2D eigenvalue weighted by molar-refractivity contribution is 0.633. The van der Waals surface area contributed by atoms with Crippen LogP contribution in [0.25, 0.3) is 33.0 Å². The van der Waals surface area contributed by atoms with Crippen molar-refractivity contribution in [2.75, 3.05) is 9.80 Å². The molecular formula is C56H50N2. The first-order valence-corrected chi connectivity index (χ1v) is 20.7. The summed E-state index contributed by atoms with van der Waals surface area (Å²) < 4.78 is 0. The molecule has 0 saturated carbocycles. The molecule has 0 aromatic heterocycles. The van der Waals surface area contributed by atoms with Gasteiger partial charge in [0.15, 0.2) is 0 Å². The van der Waals surface area contributed by atoms with E-state index >= 15 is 0 Å². The molecule has 0 saturated heterocycles. The Morgan fingerprint density at radius 3 is 0.828 bits per heavy atom. The van der Waals surface area contributed by atoms with Gasteiger partial charge in [0.25, 0.3) is 0 Å². The highest BCUT2D eigenvalue weighted by atomic mass is 15.1. The molecule has 0 amide bonds. The first-order chi connectivity index (χ1) is 27.9. The Kier molecular flexibility index (Phi) is 8.12. The molecule has 8 aromatic carbocycles. The predicted octanol–water partition coefficient (Wildman–Crippen LogP) is 15.6. The molecule has 0 bridgehead atoms. The van der Waals surface area contributed by atoms with Crippen LogP contribution in [-0.2, 0) is 10.8 Å². The van der Waals surface area contributed by atoms with E-state index in [0.717, 1.165) is 22.7 Å². The van der Waals surface area contributed by atoms with Crippen molar-refractivity contribution in [1.82, 2.24) is 0 Å². The van der Waals surface area contributed by atoms with Gasteiger partial charge in [-0.3, -0.25) is 0 Å². The smallest absolute Gasteiger partial charge is 0.0465 e. The molecular weight excluding hydrogens is 701 g/mol. The third kappa shape index (κ3) is 5.53. The zero-order valence-electron chi connectivity index (χ0n) is 34.9. The van der Waals surface area contributed by atoms with Gasteiger partial charge in [-0.15, -0.1) is 0 Å². The van der Waals surface area contributed by atoms with E-state index in [1.807, 2.05) is 0 Å². The fraction of sp³-hybridized carbons (Fsp3) is 0.179. The van der Waals surface area contributed by atoms with Crippen LogP contribution in [0.4, 0.5) is 34.1 Å². The van der Waals surface area contributed by atoms with Gasteiger partial charge in [0.2, 0.25) is 0 Å². The molecule has 0 aliphatic heterocycles. The van der Waals surface area contributed by atoms with Gasteiger partial charge in [-0.1, -0.05) is 135 Å². The highest BCUT2D eigenvalue weighted by Crippen LogP contribution is 2.57. The fourth-order valence-corrected chi connectivity index (χ4v) is 9.79. The third-order valence-electron chi connectivity index (χ3n) is 13.1. The molecule has 0 fully saturated rings. The number of anilines is 6. The average molecular weight is 751 g/mol. The minimum Gasteiger partial charge on any atom is -0.310 e. The first kappa shape index (κ1) is 36.0. The van der Waals surface area contributed by atoms with E-state index in [9.17, 15) is 0 Å². The number of nitrogens with zero attached hydrogens (tertiary/aromatic N) is 2. The Morgan fingerprint density at radius 2 is 0.534 bits per heavy atom. The Bertz CT molecular complexity index is 2600. The van der Waals surface area contributed by atoms with Gasteiger partial charge in [-0.25, -0.2) is 0 Å². The largest absolute Gasteiger partial charge is 0.310 e. The minimum absolute atomic E-state index is 0.224. The van der Waals surface area contributed by atoms with Crippen molar-refractivity contribution in [3.63, 3.8) is 0 Å². The summed E-state index contributed by atoms with van der Waals surface area (Å²) in [7, 11) is 0. The lowest BCUT2D eigenvalue weighted by Gasteiger charge is -2.41. The molecule has 0 atom stereocenters. The van der Waals surface area contributed by atoms with Gasteiger partial charge in [-0.05, 0) is 156 Å². The Balaban J connectivity index is 1.13. The van der Waals surface area contributed by atoms with Crippen molar-refractivity contribution < 1.29 is 0 Å². The number of hydrogen-bond acceptors (Lipinski definition) is 2. The second-order valence-electron chi connectivity index (χ2n) is 17.8. The Morgan fingerprint density at radius 1 is 0.276 bits per heavy atom. The van der Waals surface area contributed by atoms with E-state index in [1.54, 1.807) is 0 Å². The number of fused-ring (bicyclic) bond motifs is 4. The van der Waals surface area contributed by atoms with Crippen molar-refractivity contribution in [3.8, 4) is 22.3 Å². The molecule has 0 N–H and O–H groups in total. The maximum absolute atomic E-state index is 2.45. The molecule has 10 rings (SSSR count). The maximum atomic E-state index is 2.45. The quantitative estimate of drug-likeness (QED) is 0.167. The van der Waals surface area contributed by atoms with Crippen LogP contribution in [0.3, 0.4) is 0 Å². The molecule has 2 aliphatic carbocycles. The van der Waals surface area contributed by atoms with Crippen molar-refractivity contribution in [3.05, 3.63) is 202 Å². The van der Waals surface area contributed by atoms with Gasteiger partial charge < -0.3 is 9.80 Å². The summed E-state index contributed by atoms with van der Waals surface area (Å²) in [6.45, 7) is 18.3. The lowest BCUT2D eigenvalue weighted by atomic mass is 9.63. The summed E-state index contributed by atoms with van der Waals surface area (Å²) in [6, 6.07) is 59.6. The standard InChI is InChI=1S/C56H50N2/c1-35-9-17-39(18-10-35)57(40-19-11-36(2)12-20-40)43-25-27-45-47-29-30-48-46-28-26-44(58(41-21-13-37(3)14-22-41)42-23-15-38(4)16-24-42)34-52(46)56(7,8)50-32-31-49(53(47)54(48)50)55(5,6)51(45)33-43/h9-34H,1-8H3. The first-order valence-electron chi connectivity index (χ1n) is 20.7. The van der Waals surface area contributed by atoms with Crippen LogP contribution in [0, 0.1) is 27.7 Å². The number of benzene rings is 8. The van der Waals surface area contributed by atoms with Crippen LogP contribution in [0.15, 0.2) is 158 Å². The van der Waals surface area contributed by atoms with Crippen LogP contribution in [0.5, 0.6) is 0 Å². The average Bonchev–Trinajstić information content (AvgIpc) is 3.22. The highest BCUT2D eigenvalue weighted by Gasteiger charge is 2.40. The van der Waals surface area contributed by atoms with Crippen molar-refractivity contribution >= 4 is 44.9 Å². The summed E-state index contributed by atoms with van der Waals surface area (Å²) in [6.07, 6.45) is 0. The van der Waals surface area contributed by atoms with Gasteiger partial charge in [-0.2, -0.15) is 0 Å². The molecule has 0 spiro atoms. The van der Waals surface area contributed by atoms with Gasteiger partial charge >= 0.3 is 0 Å². The lowest BCUT2D eigenvalue weighted by Crippen LogP contribution is -2.28. The fourth-order valence-electron chi connectivity index (χ4n) is 9.79. The second-order valence-corrected chi connectivity index (χ2v) is 17.8. The van der Waals surface area contributed by atoms with Gasteiger partial charge in [0.05, 0.1) is 0 Å². The molecule has 8 aromatic rings. The van der Waals surface area contributed by atoms with E-state index in [4.69, 9.17) is 0 Å². The Labute approximate surface area is 344 Å². The van der Waals surface area contributed by atoms with Crippen LogP contribution < -0.4 is 9.80 Å². The molecule has 2 aliphatic rings. The van der Waals surface area contributed by atoms with Crippen molar-refractivity contribution in [1.29, 1.82) is 0 Å². The van der Waals surface area contributed by atoms with Crippen molar-refractivity contribution in [2.45, 2.75) is 66.2 Å². The number of aryl methyl sites for hydroxylation is 4. The van der Waals surface area contributed by atoms with E-state index in [1.165, 1.54) is 88.9 Å². The normalized spacial score (nSPS) is 14.1. The second kappa shape index (κ2) is 13.1. The Hall–Kier alpha value is -6.38. The zero-order valence-corrected chi connectivity index (χ0v) is 34.9. The molecule has 58 heavy (non-hydrogen) atoms. The highest BCUT2D eigenvalue weighted by molar-refractivity contribution is 6.13. The van der Waals surface area contributed by atoms with E-state index < -0.39 is 0 Å². The van der Waals surface area contributed by atoms with Gasteiger partial charge in [0, 0.05) is 45.0 Å². The number of rotatable bonds is 6. The third-order valence-corrected chi connectivity index (χ3v) is 13.1. The summed E-state index contributed by atoms with van der Waals surface area (Å²) >= 11 is 0. The van der Waals surface area contributed by atoms with E-state index in [2.05, 4.69) is 223 Å². The monoisotopic (exact) mass is 750 g/mol. The number of hydrogen-bond donors (Lipinski definition) is 0. The molecule has 0 radical (unpaired) electrons. The summed E-state index contributed by atoms with van der Waals surface area (Å²) in [5, 5.41) is 2.80. The molecule has 0 heterocycles. The van der Waals surface area contributed by atoms with Crippen LogP contribution >= 0.6 is 0 Å². The maximum Gasteiger partial charge on any atom is 0.0465 e. The molecule has 284 valence electrons. The van der Waals surface area contributed by atoms with Crippen molar-refractivity contribution in [2.24, 2.45) is 0 Å². The summed E-state index contributed by atoms with van der Waals surface area (Å²) in [4.78, 5) is 4.80. The topological polar surface area (TPSA) is 6.48 Å². The van der Waals surface area contributed by atoms with Crippen LogP contribution in [0.1, 0.15) is 72.2 Å². The predicted molar refractivity (Wildman–Crippen MR) is 247 cm³/mol. The molecule has 2 heteroatoms. The van der Waals surface area contributed by atoms with Crippen LogP contribution in [-0.4, -0.2) is 0 Å². The molecule has 2 nitrogen and oxygen atoms in total. The zero-order chi connectivity index (χ0) is 40.1. The van der Waals surface area contributed by atoms with E-state index in [0.29, 0.717) is 0 Å². The minimum atomic E-state index is -0.224.